The first-order valence-corrected chi connectivity index (χ1v) is 3.27. The topological polar surface area (TPSA) is 34.1 Å². The van der Waals surface area contributed by atoms with Crippen LogP contribution >= 0.6 is 0 Å². The van der Waals surface area contributed by atoms with Crippen molar-refractivity contribution in [1.82, 2.24) is 4.98 Å². The maximum atomic E-state index is 5.30. The third-order valence-corrected chi connectivity index (χ3v) is 1.46. The third-order valence-electron chi connectivity index (χ3n) is 1.46. The first kappa shape index (κ1) is 11.4. The van der Waals surface area contributed by atoms with Crippen molar-refractivity contribution in [3.8, 4) is 5.75 Å². The van der Waals surface area contributed by atoms with Crippen molar-refractivity contribution in [1.29, 1.82) is 0 Å². The van der Waals surface area contributed by atoms with Crippen molar-refractivity contribution in [3.63, 3.8) is 0 Å². The second kappa shape index (κ2) is 5.15. The standard InChI is InChI=1S/C7H8N2O.CH3.W/c1-2-8-5-7-6(1)9-3-4-10-7;;/h1-2,5,9H,3-4H2;1H3;/q;-1;. The van der Waals surface area contributed by atoms with Crippen LogP contribution in [0.1, 0.15) is 0 Å². The van der Waals surface area contributed by atoms with Crippen LogP contribution in [0.4, 0.5) is 5.69 Å². The number of hydrogen-bond acceptors (Lipinski definition) is 3. The Morgan fingerprint density at radius 1 is 1.50 bits per heavy atom. The van der Waals surface area contributed by atoms with Crippen LogP contribution in [0, 0.1) is 7.43 Å². The van der Waals surface area contributed by atoms with Gasteiger partial charge in [-0.15, -0.1) is 0 Å². The van der Waals surface area contributed by atoms with Gasteiger partial charge in [-0.3, -0.25) is 4.98 Å². The summed E-state index contributed by atoms with van der Waals surface area (Å²) in [5.74, 6) is 0.855. The van der Waals surface area contributed by atoms with Crippen molar-refractivity contribution < 1.29 is 25.8 Å². The van der Waals surface area contributed by atoms with Crippen LogP contribution in [0.2, 0.25) is 0 Å². The molecule has 1 aliphatic heterocycles. The monoisotopic (exact) mass is 335 g/mol. The number of anilines is 1. The summed E-state index contributed by atoms with van der Waals surface area (Å²) in [6.45, 7) is 1.62. The zero-order valence-electron chi connectivity index (χ0n) is 6.91. The molecular formula is C8H11N2OW-. The molecule has 66 valence electrons. The number of nitrogens with one attached hydrogen (secondary N) is 1. The van der Waals surface area contributed by atoms with Gasteiger partial charge in [0.05, 0.1) is 11.9 Å². The van der Waals surface area contributed by atoms with Crippen LogP contribution in [-0.2, 0) is 21.1 Å². The van der Waals surface area contributed by atoms with E-state index in [1.807, 2.05) is 6.07 Å². The van der Waals surface area contributed by atoms with Crippen LogP contribution < -0.4 is 10.1 Å². The smallest absolute Gasteiger partial charge is 0.160 e. The Kier molecular flexibility index (Phi) is 4.91. The van der Waals surface area contributed by atoms with Crippen molar-refractivity contribution in [2.75, 3.05) is 18.5 Å². The Labute approximate surface area is 86.8 Å². The molecule has 0 aromatic carbocycles. The van der Waals surface area contributed by atoms with Crippen LogP contribution in [0.15, 0.2) is 18.5 Å². The van der Waals surface area contributed by atoms with Crippen LogP contribution in [-0.4, -0.2) is 18.1 Å². The molecule has 1 aromatic rings. The molecule has 0 saturated heterocycles. The molecule has 0 amide bonds. The number of rotatable bonds is 0. The molecule has 0 fully saturated rings. The molecule has 1 aliphatic rings. The van der Waals surface area contributed by atoms with Crippen molar-refractivity contribution in [2.45, 2.75) is 0 Å². The van der Waals surface area contributed by atoms with E-state index >= 15 is 0 Å². The molecule has 0 spiro atoms. The molecule has 4 heteroatoms. The van der Waals surface area contributed by atoms with E-state index in [0.717, 1.165) is 24.6 Å². The predicted molar refractivity (Wildman–Crippen MR) is 44.6 cm³/mol. The van der Waals surface area contributed by atoms with Gasteiger partial charge in [-0.05, 0) is 6.07 Å². The minimum Gasteiger partial charge on any atom is -0.488 e. The number of aromatic nitrogens is 1. The zero-order chi connectivity index (χ0) is 6.81. The maximum absolute atomic E-state index is 5.30. The van der Waals surface area contributed by atoms with Gasteiger partial charge in [0, 0.05) is 33.8 Å². The molecule has 0 aliphatic carbocycles. The fraction of sp³-hybridized carbons (Fsp3) is 0.250. The Morgan fingerprint density at radius 3 is 3.08 bits per heavy atom. The molecule has 2 rings (SSSR count). The summed E-state index contributed by atoms with van der Waals surface area (Å²) in [6, 6.07) is 1.91. The quantitative estimate of drug-likeness (QED) is 0.727. The summed E-state index contributed by atoms with van der Waals surface area (Å²) in [5, 5.41) is 3.20. The molecule has 12 heavy (non-hydrogen) atoms. The third kappa shape index (κ3) is 2.21. The van der Waals surface area contributed by atoms with E-state index < -0.39 is 0 Å². The van der Waals surface area contributed by atoms with Gasteiger partial charge in [-0.2, -0.15) is 0 Å². The van der Waals surface area contributed by atoms with Gasteiger partial charge < -0.3 is 17.5 Å². The molecule has 2 heterocycles. The Morgan fingerprint density at radius 2 is 2.33 bits per heavy atom. The summed E-state index contributed by atoms with van der Waals surface area (Å²) >= 11 is 0. The summed E-state index contributed by atoms with van der Waals surface area (Å²) in [5.41, 5.74) is 1.04. The van der Waals surface area contributed by atoms with Gasteiger partial charge in [0.15, 0.2) is 5.75 Å². The van der Waals surface area contributed by atoms with Crippen molar-refractivity contribution in [2.24, 2.45) is 0 Å². The normalized spacial score (nSPS) is 12.3. The summed E-state index contributed by atoms with van der Waals surface area (Å²) in [7, 11) is 0. The van der Waals surface area contributed by atoms with Gasteiger partial charge in [0.2, 0.25) is 0 Å². The van der Waals surface area contributed by atoms with Gasteiger partial charge in [-0.1, -0.05) is 0 Å². The fourth-order valence-electron chi connectivity index (χ4n) is 0.988. The molecule has 1 aromatic heterocycles. The largest absolute Gasteiger partial charge is 0.488 e. The fourth-order valence-corrected chi connectivity index (χ4v) is 0.988. The summed E-state index contributed by atoms with van der Waals surface area (Å²) in [6.07, 6.45) is 3.47. The number of hydrogen-bond donors (Lipinski definition) is 1. The Hall–Kier alpha value is -0.562. The van der Waals surface area contributed by atoms with E-state index in [1.165, 1.54) is 0 Å². The molecular weight excluding hydrogens is 324 g/mol. The number of ether oxygens (including phenoxy) is 1. The molecule has 0 saturated carbocycles. The molecule has 1 N–H and O–H groups in total. The van der Waals surface area contributed by atoms with Gasteiger partial charge in [-0.25, -0.2) is 0 Å². The average molecular weight is 335 g/mol. The van der Waals surface area contributed by atoms with Gasteiger partial charge >= 0.3 is 0 Å². The first-order valence-electron chi connectivity index (χ1n) is 3.27. The first-order chi connectivity index (χ1) is 4.97. The zero-order valence-corrected chi connectivity index (χ0v) is 9.84. The number of pyridine rings is 1. The maximum Gasteiger partial charge on any atom is 0.160 e. The molecule has 0 unspecified atom stereocenters. The molecule has 0 radical (unpaired) electrons. The Bertz CT molecular complexity index is 217. The van der Waals surface area contributed by atoms with E-state index in [9.17, 15) is 0 Å². The van der Waals surface area contributed by atoms with E-state index in [1.54, 1.807) is 12.4 Å². The van der Waals surface area contributed by atoms with E-state index in [0.29, 0.717) is 0 Å². The SMILES string of the molecule is [CH3-].[W].c1cc2c(cn1)OCCN2. The second-order valence-electron chi connectivity index (χ2n) is 2.15. The van der Waals surface area contributed by atoms with Crippen molar-refractivity contribution in [3.05, 3.63) is 25.9 Å². The molecule has 3 nitrogen and oxygen atoms in total. The second-order valence-corrected chi connectivity index (χ2v) is 2.15. The van der Waals surface area contributed by atoms with Gasteiger partial charge in [0.1, 0.15) is 6.61 Å². The average Bonchev–Trinajstić information content (AvgIpc) is 2.05. The van der Waals surface area contributed by atoms with E-state index in [4.69, 9.17) is 4.74 Å². The molecule has 0 bridgehead atoms. The van der Waals surface area contributed by atoms with E-state index in [-0.39, 0.29) is 28.5 Å². The molecule has 0 atom stereocenters. The predicted octanol–water partition coefficient (Wildman–Crippen LogP) is 1.33. The number of fused-ring (bicyclic) bond motifs is 1. The summed E-state index contributed by atoms with van der Waals surface area (Å²) < 4.78 is 5.30. The number of nitrogens with zero attached hydrogens (tertiary/aromatic N) is 1. The van der Waals surface area contributed by atoms with Crippen LogP contribution in [0.3, 0.4) is 0 Å². The Balaban J connectivity index is 0.000000605. The van der Waals surface area contributed by atoms with Crippen LogP contribution in [0.25, 0.3) is 0 Å². The van der Waals surface area contributed by atoms with Crippen molar-refractivity contribution >= 4 is 5.69 Å². The van der Waals surface area contributed by atoms with E-state index in [2.05, 4.69) is 10.3 Å². The minimum absolute atomic E-state index is 0. The summed E-state index contributed by atoms with van der Waals surface area (Å²) in [4.78, 5) is 3.93. The van der Waals surface area contributed by atoms with Crippen LogP contribution in [0.5, 0.6) is 5.75 Å². The van der Waals surface area contributed by atoms with Gasteiger partial charge in [0.25, 0.3) is 0 Å². The minimum atomic E-state index is 0.